The molecule has 0 atom stereocenters. The molecule has 11 heteroatoms. The predicted octanol–water partition coefficient (Wildman–Crippen LogP) is 3.51. The Labute approximate surface area is 152 Å². The second-order valence-corrected chi connectivity index (χ2v) is 5.28. The summed E-state index contributed by atoms with van der Waals surface area (Å²) >= 11 is 17.8. The number of nitrogens with zero attached hydrogens (tertiary/aromatic N) is 3. The summed E-state index contributed by atoms with van der Waals surface area (Å²) in [7, 11) is 0. The van der Waals surface area contributed by atoms with Crippen LogP contribution in [0.4, 0.5) is 5.69 Å². The van der Waals surface area contributed by atoms with E-state index in [-0.39, 0.29) is 21.4 Å². The number of hydrogen-bond donors (Lipinski definition) is 1. The van der Waals surface area contributed by atoms with Gasteiger partial charge in [-0.05, 0) is 12.1 Å². The van der Waals surface area contributed by atoms with Crippen molar-refractivity contribution in [3.63, 3.8) is 0 Å². The van der Waals surface area contributed by atoms with E-state index in [1.807, 2.05) is 0 Å². The number of anilines is 1. The fraction of sp³-hybridized carbons (Fsp3) is 0.154. The summed E-state index contributed by atoms with van der Waals surface area (Å²) < 4.78 is 0. The molecule has 0 fully saturated rings. The molecule has 0 unspecified atom stereocenters. The minimum Gasteiger partial charge on any atom is -0.319 e. The van der Waals surface area contributed by atoms with E-state index in [0.717, 1.165) is 12.4 Å². The molecule has 0 heterocycles. The smallest absolute Gasteiger partial charge is 0.319 e. The van der Waals surface area contributed by atoms with Crippen LogP contribution in [0.1, 0.15) is 13.8 Å². The van der Waals surface area contributed by atoms with Crippen molar-refractivity contribution in [1.82, 2.24) is 0 Å². The number of hydrazone groups is 1. The maximum atomic E-state index is 10.7. The molecule has 0 aliphatic carbocycles. The van der Waals surface area contributed by atoms with Gasteiger partial charge < -0.3 is 9.68 Å². The maximum Gasteiger partial charge on any atom is 0.331 e. The van der Waals surface area contributed by atoms with Crippen LogP contribution in [0, 0.1) is 0 Å². The monoisotopic (exact) mass is 392 g/mol. The van der Waals surface area contributed by atoms with Gasteiger partial charge >= 0.3 is 11.9 Å². The number of hydrogen-bond acceptors (Lipinski definition) is 8. The Bertz CT molecular complexity index is 668. The highest BCUT2D eigenvalue weighted by molar-refractivity contribution is 6.55. The Morgan fingerprint density at radius 3 is 1.88 bits per heavy atom. The van der Waals surface area contributed by atoms with Gasteiger partial charge in [-0.3, -0.25) is 5.43 Å². The molecule has 0 amide bonds. The number of rotatable bonds is 6. The fourth-order valence-corrected chi connectivity index (χ4v) is 2.07. The van der Waals surface area contributed by atoms with Crippen LogP contribution in [0.15, 0.2) is 27.5 Å². The molecule has 8 nitrogen and oxygen atoms in total. The second kappa shape index (κ2) is 9.86. The van der Waals surface area contributed by atoms with Crippen LogP contribution in [-0.2, 0) is 19.3 Å². The first kappa shape index (κ1) is 19.9. The molecule has 1 rings (SSSR count). The third kappa shape index (κ3) is 7.40. The van der Waals surface area contributed by atoms with Crippen LogP contribution in [-0.4, -0.2) is 30.1 Å². The average Bonchev–Trinajstić information content (AvgIpc) is 2.44. The van der Waals surface area contributed by atoms with Gasteiger partial charge in [0.05, 0.1) is 28.2 Å². The van der Waals surface area contributed by atoms with E-state index in [1.165, 1.54) is 26.0 Å². The Kier molecular flexibility index (Phi) is 8.17. The topological polar surface area (TPSA) is 102 Å². The summed E-state index contributed by atoms with van der Waals surface area (Å²) in [5.74, 6) is -1.25. The van der Waals surface area contributed by atoms with E-state index < -0.39 is 11.9 Å². The number of halogens is 3. The fourth-order valence-electron chi connectivity index (χ4n) is 1.17. The highest BCUT2D eigenvalue weighted by Gasteiger charge is 2.07. The van der Waals surface area contributed by atoms with Crippen molar-refractivity contribution in [3.05, 3.63) is 27.2 Å². The number of benzene rings is 1. The maximum absolute atomic E-state index is 10.7. The van der Waals surface area contributed by atoms with E-state index in [1.54, 1.807) is 0 Å². The molecular weight excluding hydrogens is 383 g/mol. The molecule has 0 radical (unpaired) electrons. The van der Waals surface area contributed by atoms with Crippen molar-refractivity contribution in [1.29, 1.82) is 0 Å². The van der Waals surface area contributed by atoms with Crippen molar-refractivity contribution in [2.75, 3.05) is 5.43 Å². The van der Waals surface area contributed by atoms with Gasteiger partial charge in [0.2, 0.25) is 0 Å². The Morgan fingerprint density at radius 2 is 1.46 bits per heavy atom. The van der Waals surface area contributed by atoms with E-state index in [2.05, 4.69) is 30.5 Å². The number of nitrogens with one attached hydrogen (secondary N) is 1. The van der Waals surface area contributed by atoms with E-state index in [9.17, 15) is 9.59 Å². The lowest BCUT2D eigenvalue weighted by Crippen LogP contribution is -2.08. The Morgan fingerprint density at radius 1 is 1.00 bits per heavy atom. The van der Waals surface area contributed by atoms with Crippen LogP contribution in [0.5, 0.6) is 0 Å². The summed E-state index contributed by atoms with van der Waals surface area (Å²) in [5.41, 5.74) is 2.91. The van der Waals surface area contributed by atoms with Crippen molar-refractivity contribution in [3.8, 4) is 0 Å². The van der Waals surface area contributed by atoms with E-state index in [4.69, 9.17) is 34.8 Å². The van der Waals surface area contributed by atoms with E-state index in [0.29, 0.717) is 5.02 Å². The van der Waals surface area contributed by atoms with Crippen molar-refractivity contribution in [2.45, 2.75) is 13.8 Å². The van der Waals surface area contributed by atoms with Crippen LogP contribution in [0.2, 0.25) is 15.1 Å². The lowest BCUT2D eigenvalue weighted by molar-refractivity contribution is -0.141. The number of carbonyl (C=O) groups is 2. The van der Waals surface area contributed by atoms with Crippen LogP contribution in [0.3, 0.4) is 0 Å². The van der Waals surface area contributed by atoms with Gasteiger partial charge in [0.25, 0.3) is 0 Å². The third-order valence-corrected chi connectivity index (χ3v) is 2.85. The van der Waals surface area contributed by atoms with Crippen molar-refractivity contribution >= 4 is 70.6 Å². The first-order valence-electron chi connectivity index (χ1n) is 6.19. The van der Waals surface area contributed by atoms with Crippen LogP contribution < -0.4 is 5.43 Å². The standard InChI is InChI=1S/C13H11Cl3N4O4/c1-7(21)23-17-5-10(6-18-24-8(2)22)19-20-13-11(15)3-9(14)4-12(13)16/h3-6,20H,1-2H3/b17-5+,18-6+. The normalized spacial score (nSPS) is 10.7. The zero-order valence-corrected chi connectivity index (χ0v) is 14.7. The summed E-state index contributed by atoms with van der Waals surface area (Å²) in [6.07, 6.45) is 2.11. The summed E-state index contributed by atoms with van der Waals surface area (Å²) in [6, 6.07) is 2.93. The molecule has 0 bridgehead atoms. The second-order valence-electron chi connectivity index (χ2n) is 4.03. The molecule has 1 N–H and O–H groups in total. The third-order valence-electron chi connectivity index (χ3n) is 2.04. The lowest BCUT2D eigenvalue weighted by Gasteiger charge is -2.06. The van der Waals surface area contributed by atoms with Gasteiger partial charge in [0, 0.05) is 18.9 Å². The first-order chi connectivity index (χ1) is 11.3. The summed E-state index contributed by atoms with van der Waals surface area (Å²) in [6.45, 7) is 2.35. The zero-order chi connectivity index (χ0) is 18.1. The zero-order valence-electron chi connectivity index (χ0n) is 12.4. The average molecular weight is 394 g/mol. The molecular formula is C13H11Cl3N4O4. The first-order valence-corrected chi connectivity index (χ1v) is 7.33. The highest BCUT2D eigenvalue weighted by atomic mass is 35.5. The summed E-state index contributed by atoms with van der Waals surface area (Å²) in [4.78, 5) is 30.2. The SMILES string of the molecule is CC(=O)O/N=C/C(/C=N/OC(C)=O)=NNc1c(Cl)cc(Cl)cc1Cl. The molecule has 0 spiro atoms. The molecule has 0 aromatic heterocycles. The molecule has 0 saturated carbocycles. The van der Waals surface area contributed by atoms with Crippen molar-refractivity contribution < 1.29 is 19.3 Å². The minimum absolute atomic E-state index is 0.0413. The van der Waals surface area contributed by atoms with Gasteiger partial charge in [0.1, 0.15) is 5.71 Å². The predicted molar refractivity (Wildman–Crippen MR) is 93.0 cm³/mol. The Hall–Kier alpha value is -2.16. The molecule has 0 aliphatic heterocycles. The Balaban J connectivity index is 2.98. The number of carbonyl (C=O) groups excluding carboxylic acids is 2. The molecule has 0 saturated heterocycles. The van der Waals surface area contributed by atoms with Gasteiger partial charge in [-0.25, -0.2) is 9.59 Å². The lowest BCUT2D eigenvalue weighted by atomic mass is 10.3. The minimum atomic E-state index is -0.626. The summed E-state index contributed by atoms with van der Waals surface area (Å²) in [5, 5.41) is 11.5. The van der Waals surface area contributed by atoms with Crippen molar-refractivity contribution in [2.24, 2.45) is 15.4 Å². The molecule has 0 aliphatic rings. The molecule has 24 heavy (non-hydrogen) atoms. The molecule has 1 aromatic carbocycles. The molecule has 128 valence electrons. The number of oxime groups is 2. The van der Waals surface area contributed by atoms with Gasteiger partial charge in [0.15, 0.2) is 0 Å². The quantitative estimate of drug-likeness (QED) is 0.452. The van der Waals surface area contributed by atoms with Gasteiger partial charge in [-0.15, -0.1) is 0 Å². The van der Waals surface area contributed by atoms with Gasteiger partial charge in [-0.1, -0.05) is 45.1 Å². The van der Waals surface area contributed by atoms with Gasteiger partial charge in [-0.2, -0.15) is 5.10 Å². The van der Waals surface area contributed by atoms with Crippen LogP contribution in [0.25, 0.3) is 0 Å². The van der Waals surface area contributed by atoms with E-state index >= 15 is 0 Å². The molecule has 1 aromatic rings. The largest absolute Gasteiger partial charge is 0.331 e. The highest BCUT2D eigenvalue weighted by Crippen LogP contribution is 2.33. The van der Waals surface area contributed by atoms with Crippen LogP contribution >= 0.6 is 34.8 Å².